The number of alkyl carbamates (subject to hydrolysis) is 1. The molecule has 3 N–H and O–H groups in total. The molecular formula is C27H41N5O4. The summed E-state index contributed by atoms with van der Waals surface area (Å²) in [7, 11) is 0. The molecule has 1 saturated carbocycles. The first-order chi connectivity index (χ1) is 17.2. The number of nitrogens with one attached hydrogen (secondary N) is 3. The number of aromatic nitrogens is 1. The number of carbonyl (C=O) groups is 3. The molecule has 3 fully saturated rings. The standard InChI is InChI=1S/C27H41N5O4/c1-27(2,3)36-26(35)30-20-6-4-19(5-7-20)28-16-18-12-14-32(15-13-18)21-8-10-23(29-17-21)22-9-11-24(33)31-25(22)34/h8,10,17-20,22,28H,4-7,9,11-16H2,1-3H3,(H,30,35)(H,31,33,34). The lowest BCUT2D eigenvalue weighted by atomic mass is 9.90. The molecule has 3 heterocycles. The lowest BCUT2D eigenvalue weighted by molar-refractivity contribution is -0.134. The van der Waals surface area contributed by atoms with Gasteiger partial charge in [-0.15, -0.1) is 0 Å². The van der Waals surface area contributed by atoms with E-state index in [1.165, 1.54) is 0 Å². The molecule has 1 aliphatic carbocycles. The third kappa shape index (κ3) is 7.41. The van der Waals surface area contributed by atoms with Crippen molar-refractivity contribution in [2.24, 2.45) is 5.92 Å². The number of pyridine rings is 1. The number of ether oxygens (including phenoxy) is 1. The summed E-state index contributed by atoms with van der Waals surface area (Å²) in [4.78, 5) is 42.4. The van der Waals surface area contributed by atoms with Crippen LogP contribution in [-0.2, 0) is 14.3 Å². The molecule has 36 heavy (non-hydrogen) atoms. The summed E-state index contributed by atoms with van der Waals surface area (Å²) < 4.78 is 5.38. The van der Waals surface area contributed by atoms with Crippen molar-refractivity contribution in [1.82, 2.24) is 20.9 Å². The molecule has 3 aliphatic rings. The largest absolute Gasteiger partial charge is 0.444 e. The van der Waals surface area contributed by atoms with Crippen LogP contribution in [0.15, 0.2) is 18.3 Å². The summed E-state index contributed by atoms with van der Waals surface area (Å²) in [6, 6.07) is 4.70. The van der Waals surface area contributed by atoms with Gasteiger partial charge < -0.3 is 20.3 Å². The third-order valence-corrected chi connectivity index (χ3v) is 7.49. The van der Waals surface area contributed by atoms with Crippen molar-refractivity contribution in [1.29, 1.82) is 0 Å². The lowest BCUT2D eigenvalue weighted by Crippen LogP contribution is -2.45. The van der Waals surface area contributed by atoms with Crippen LogP contribution in [0.25, 0.3) is 0 Å². The van der Waals surface area contributed by atoms with Crippen molar-refractivity contribution < 1.29 is 19.1 Å². The summed E-state index contributed by atoms with van der Waals surface area (Å²) in [5.74, 6) is -0.119. The van der Waals surface area contributed by atoms with Gasteiger partial charge in [-0.2, -0.15) is 0 Å². The first-order valence-corrected chi connectivity index (χ1v) is 13.4. The maximum Gasteiger partial charge on any atom is 0.407 e. The zero-order valence-corrected chi connectivity index (χ0v) is 21.8. The van der Waals surface area contributed by atoms with E-state index in [1.807, 2.05) is 39.1 Å². The van der Waals surface area contributed by atoms with Crippen LogP contribution in [0.5, 0.6) is 0 Å². The molecule has 0 spiro atoms. The highest BCUT2D eigenvalue weighted by Crippen LogP contribution is 2.27. The van der Waals surface area contributed by atoms with E-state index < -0.39 is 5.60 Å². The Kier molecular flexibility index (Phi) is 8.49. The van der Waals surface area contributed by atoms with E-state index in [-0.39, 0.29) is 29.9 Å². The quantitative estimate of drug-likeness (QED) is 0.515. The minimum atomic E-state index is -0.464. The molecule has 1 atom stereocenters. The Morgan fingerprint density at radius 2 is 1.75 bits per heavy atom. The lowest BCUT2D eigenvalue weighted by Gasteiger charge is -2.35. The molecule has 2 saturated heterocycles. The molecule has 1 aromatic heterocycles. The number of nitrogens with zero attached hydrogens (tertiary/aromatic N) is 2. The normalized spacial score (nSPS) is 25.9. The Hall–Kier alpha value is -2.68. The molecule has 4 rings (SSSR count). The van der Waals surface area contributed by atoms with E-state index in [4.69, 9.17) is 4.74 Å². The molecule has 1 unspecified atom stereocenters. The average Bonchev–Trinajstić information content (AvgIpc) is 2.83. The Morgan fingerprint density at radius 1 is 1.06 bits per heavy atom. The molecule has 9 heteroatoms. The van der Waals surface area contributed by atoms with Crippen molar-refractivity contribution in [3.63, 3.8) is 0 Å². The molecule has 1 aromatic rings. The molecule has 3 amide bonds. The van der Waals surface area contributed by atoms with Crippen molar-refractivity contribution in [3.05, 3.63) is 24.0 Å². The maximum atomic E-state index is 12.1. The van der Waals surface area contributed by atoms with Crippen LogP contribution in [0.3, 0.4) is 0 Å². The molecule has 0 bridgehead atoms. The van der Waals surface area contributed by atoms with E-state index >= 15 is 0 Å². The zero-order chi connectivity index (χ0) is 25.7. The van der Waals surface area contributed by atoms with Crippen LogP contribution in [0, 0.1) is 5.92 Å². The predicted molar refractivity (Wildman–Crippen MR) is 138 cm³/mol. The number of imide groups is 1. The number of hydrogen-bond acceptors (Lipinski definition) is 7. The van der Waals surface area contributed by atoms with Crippen molar-refractivity contribution in [2.45, 2.75) is 95.7 Å². The van der Waals surface area contributed by atoms with E-state index in [0.29, 0.717) is 24.8 Å². The van der Waals surface area contributed by atoms with Crippen LogP contribution in [-0.4, -0.2) is 60.2 Å². The summed E-state index contributed by atoms with van der Waals surface area (Å²) in [6.07, 6.45) is 8.83. The summed E-state index contributed by atoms with van der Waals surface area (Å²) in [5.41, 5.74) is 1.36. The number of rotatable bonds is 6. The molecular weight excluding hydrogens is 458 g/mol. The Balaban J connectivity index is 1.14. The SMILES string of the molecule is CC(C)(C)OC(=O)NC1CCC(NCC2CCN(c3ccc(C4CCC(=O)NC4=O)nc3)CC2)CC1. The minimum absolute atomic E-state index is 0.201. The highest BCUT2D eigenvalue weighted by Gasteiger charge is 2.29. The van der Waals surface area contributed by atoms with Gasteiger partial charge in [0.1, 0.15) is 5.60 Å². The number of carbonyl (C=O) groups excluding carboxylic acids is 3. The van der Waals surface area contributed by atoms with Gasteiger partial charge >= 0.3 is 6.09 Å². The fourth-order valence-corrected chi connectivity index (χ4v) is 5.41. The molecule has 2 aliphatic heterocycles. The highest BCUT2D eigenvalue weighted by molar-refractivity contribution is 6.00. The average molecular weight is 500 g/mol. The van der Waals surface area contributed by atoms with Crippen LogP contribution >= 0.6 is 0 Å². The number of anilines is 1. The Bertz CT molecular complexity index is 913. The van der Waals surface area contributed by atoms with Crippen LogP contribution in [0.1, 0.15) is 83.7 Å². The second kappa shape index (κ2) is 11.6. The van der Waals surface area contributed by atoms with Crippen LogP contribution in [0.4, 0.5) is 10.5 Å². The smallest absolute Gasteiger partial charge is 0.407 e. The van der Waals surface area contributed by atoms with E-state index in [1.54, 1.807) is 0 Å². The van der Waals surface area contributed by atoms with Gasteiger partial charge in [0.25, 0.3) is 0 Å². The number of hydrogen-bond donors (Lipinski definition) is 3. The highest BCUT2D eigenvalue weighted by atomic mass is 16.6. The molecule has 0 radical (unpaired) electrons. The second-order valence-corrected chi connectivity index (χ2v) is 11.5. The van der Waals surface area contributed by atoms with Crippen molar-refractivity contribution in [2.75, 3.05) is 24.5 Å². The molecule has 9 nitrogen and oxygen atoms in total. The summed E-state index contributed by atoms with van der Waals surface area (Å²) in [5, 5.41) is 9.19. The van der Waals surface area contributed by atoms with Gasteiger partial charge in [-0.05, 0) is 90.3 Å². The van der Waals surface area contributed by atoms with Gasteiger partial charge in [-0.3, -0.25) is 19.9 Å². The third-order valence-electron chi connectivity index (χ3n) is 7.49. The number of amides is 3. The van der Waals surface area contributed by atoms with Gasteiger partial charge in [0, 0.05) is 31.6 Å². The van der Waals surface area contributed by atoms with E-state index in [9.17, 15) is 14.4 Å². The Labute approximate surface area is 214 Å². The van der Waals surface area contributed by atoms with Gasteiger partial charge in [-0.25, -0.2) is 4.79 Å². The summed E-state index contributed by atoms with van der Waals surface area (Å²) >= 11 is 0. The number of piperidine rings is 2. The Morgan fingerprint density at radius 3 is 2.36 bits per heavy atom. The fourth-order valence-electron chi connectivity index (χ4n) is 5.41. The van der Waals surface area contributed by atoms with Gasteiger partial charge in [0.15, 0.2) is 0 Å². The van der Waals surface area contributed by atoms with Crippen LogP contribution in [0.2, 0.25) is 0 Å². The topological polar surface area (TPSA) is 113 Å². The molecule has 0 aromatic carbocycles. The van der Waals surface area contributed by atoms with Gasteiger partial charge in [0.2, 0.25) is 11.8 Å². The zero-order valence-electron chi connectivity index (χ0n) is 21.8. The maximum absolute atomic E-state index is 12.1. The van der Waals surface area contributed by atoms with Gasteiger partial charge in [-0.1, -0.05) is 0 Å². The molecule has 198 valence electrons. The first kappa shape index (κ1) is 26.4. The fraction of sp³-hybridized carbons (Fsp3) is 0.704. The van der Waals surface area contributed by atoms with Crippen molar-refractivity contribution >= 4 is 23.6 Å². The minimum Gasteiger partial charge on any atom is -0.444 e. The van der Waals surface area contributed by atoms with E-state index in [2.05, 4.69) is 25.8 Å². The van der Waals surface area contributed by atoms with Gasteiger partial charge in [0.05, 0.1) is 23.5 Å². The van der Waals surface area contributed by atoms with Crippen LogP contribution < -0.4 is 20.9 Å². The van der Waals surface area contributed by atoms with E-state index in [0.717, 1.165) is 69.5 Å². The van der Waals surface area contributed by atoms with Crippen molar-refractivity contribution in [3.8, 4) is 0 Å². The predicted octanol–water partition coefficient (Wildman–Crippen LogP) is 3.24. The summed E-state index contributed by atoms with van der Waals surface area (Å²) in [6.45, 7) is 8.68. The monoisotopic (exact) mass is 499 g/mol. The second-order valence-electron chi connectivity index (χ2n) is 11.5. The first-order valence-electron chi connectivity index (χ1n) is 13.4.